The number of hydrogen-bond acceptors (Lipinski definition) is 3. The fourth-order valence-corrected chi connectivity index (χ4v) is 2.68. The van der Waals surface area contributed by atoms with E-state index in [2.05, 4.69) is 0 Å². The number of benzene rings is 2. The number of hydrogen-bond donors (Lipinski definition) is 1. The topological polar surface area (TPSA) is 63.4 Å². The molecular weight excluding hydrogens is 299 g/mol. The summed E-state index contributed by atoms with van der Waals surface area (Å²) in [5, 5.41) is 0.701. The van der Waals surface area contributed by atoms with Crippen LogP contribution in [0.1, 0.15) is 20.7 Å². The number of fused-ring (bicyclic) bond motifs is 1. The van der Waals surface area contributed by atoms with Gasteiger partial charge < -0.3 is 5.73 Å². The van der Waals surface area contributed by atoms with Crippen LogP contribution in [0.25, 0.3) is 0 Å². The number of carbonyl (C=O) groups excluding carboxylic acids is 2. The molecule has 0 radical (unpaired) electrons. The van der Waals surface area contributed by atoms with Gasteiger partial charge in [0.05, 0.1) is 16.8 Å². The first-order valence-electron chi connectivity index (χ1n) is 5.72. The molecule has 4 nitrogen and oxygen atoms in total. The lowest BCUT2D eigenvalue weighted by Gasteiger charge is -2.14. The molecule has 1 heterocycles. The third kappa shape index (κ3) is 1.94. The van der Waals surface area contributed by atoms with E-state index in [4.69, 9.17) is 28.9 Å². The Labute approximate surface area is 124 Å². The van der Waals surface area contributed by atoms with Gasteiger partial charge in [0, 0.05) is 15.7 Å². The Morgan fingerprint density at radius 1 is 0.850 bits per heavy atom. The molecule has 0 atom stereocenters. The minimum Gasteiger partial charge on any atom is -0.399 e. The molecule has 100 valence electrons. The summed E-state index contributed by atoms with van der Waals surface area (Å²) in [4.78, 5) is 25.7. The first-order valence-corrected chi connectivity index (χ1v) is 6.47. The third-order valence-electron chi connectivity index (χ3n) is 3.02. The molecule has 0 spiro atoms. The van der Waals surface area contributed by atoms with Crippen LogP contribution in [0.15, 0.2) is 36.4 Å². The van der Waals surface area contributed by atoms with Gasteiger partial charge in [-0.25, -0.2) is 4.90 Å². The first-order chi connectivity index (χ1) is 9.47. The molecule has 0 aliphatic carbocycles. The Bertz CT molecular complexity index is 739. The Kier molecular flexibility index (Phi) is 2.92. The maximum absolute atomic E-state index is 12.3. The molecule has 1 aliphatic heterocycles. The predicted molar refractivity (Wildman–Crippen MR) is 78.5 cm³/mol. The lowest BCUT2D eigenvalue weighted by molar-refractivity contribution is 0.0926. The second-order valence-corrected chi connectivity index (χ2v) is 5.25. The molecule has 0 aromatic heterocycles. The van der Waals surface area contributed by atoms with Crippen molar-refractivity contribution in [3.8, 4) is 0 Å². The van der Waals surface area contributed by atoms with E-state index in [1.54, 1.807) is 6.07 Å². The van der Waals surface area contributed by atoms with Crippen molar-refractivity contribution in [3.05, 3.63) is 57.6 Å². The molecule has 2 amide bonds. The van der Waals surface area contributed by atoms with Gasteiger partial charge in [-0.2, -0.15) is 0 Å². The number of carbonyl (C=O) groups is 2. The summed E-state index contributed by atoms with van der Waals surface area (Å²) < 4.78 is 0. The lowest BCUT2D eigenvalue weighted by Crippen LogP contribution is -2.29. The van der Waals surface area contributed by atoms with Gasteiger partial charge in [0.15, 0.2) is 0 Å². The highest BCUT2D eigenvalue weighted by Gasteiger charge is 2.36. The van der Waals surface area contributed by atoms with Crippen molar-refractivity contribution in [2.45, 2.75) is 0 Å². The van der Waals surface area contributed by atoms with Gasteiger partial charge in [-0.1, -0.05) is 23.2 Å². The summed E-state index contributed by atoms with van der Waals surface area (Å²) in [5.74, 6) is -0.848. The van der Waals surface area contributed by atoms with Gasteiger partial charge in [-0.15, -0.1) is 0 Å². The lowest BCUT2D eigenvalue weighted by atomic mass is 10.1. The third-order valence-corrected chi connectivity index (χ3v) is 3.45. The smallest absolute Gasteiger partial charge is 0.266 e. The van der Waals surface area contributed by atoms with Gasteiger partial charge >= 0.3 is 0 Å². The maximum atomic E-state index is 12.3. The molecule has 2 N–H and O–H groups in total. The average Bonchev–Trinajstić information content (AvgIpc) is 2.60. The summed E-state index contributed by atoms with van der Waals surface area (Å²) in [6.45, 7) is 0. The summed E-state index contributed by atoms with van der Waals surface area (Å²) in [7, 11) is 0. The Morgan fingerprint density at radius 2 is 1.45 bits per heavy atom. The van der Waals surface area contributed by atoms with Gasteiger partial charge in [0.2, 0.25) is 0 Å². The molecule has 2 aromatic rings. The van der Waals surface area contributed by atoms with Crippen molar-refractivity contribution in [1.29, 1.82) is 0 Å². The monoisotopic (exact) mass is 306 g/mol. The predicted octanol–water partition coefficient (Wildman–Crippen LogP) is 3.38. The number of nitrogens with zero attached hydrogens (tertiary/aromatic N) is 1. The highest BCUT2D eigenvalue weighted by atomic mass is 35.5. The number of nitrogens with two attached hydrogens (primary N) is 1. The fourth-order valence-electron chi connectivity index (χ4n) is 2.16. The van der Waals surface area contributed by atoms with E-state index in [1.807, 2.05) is 0 Å². The Hall–Kier alpha value is -2.04. The number of anilines is 2. The van der Waals surface area contributed by atoms with Crippen LogP contribution in [0.3, 0.4) is 0 Å². The molecule has 0 unspecified atom stereocenters. The van der Waals surface area contributed by atoms with Gasteiger partial charge in [-0.05, 0) is 36.4 Å². The minimum atomic E-state index is -0.435. The summed E-state index contributed by atoms with van der Waals surface area (Å²) in [6.07, 6.45) is 0. The molecule has 0 saturated carbocycles. The second kappa shape index (κ2) is 4.51. The van der Waals surface area contributed by atoms with Crippen LogP contribution in [0.5, 0.6) is 0 Å². The van der Waals surface area contributed by atoms with E-state index in [0.29, 0.717) is 27.0 Å². The first kappa shape index (κ1) is 13.0. The normalized spacial score (nSPS) is 13.8. The quantitative estimate of drug-likeness (QED) is 0.649. The van der Waals surface area contributed by atoms with E-state index >= 15 is 0 Å². The van der Waals surface area contributed by atoms with Crippen LogP contribution in [-0.4, -0.2) is 11.8 Å². The second-order valence-electron chi connectivity index (χ2n) is 4.38. The molecule has 0 saturated heterocycles. The highest BCUT2D eigenvalue weighted by molar-refractivity contribution is 6.38. The standard InChI is InChI=1S/C14H8Cl2N2O2/c15-7-3-8(16)5-10(4-7)18-13(19)11-2-1-9(17)6-12(11)14(18)20/h1-6H,17H2. The van der Waals surface area contributed by atoms with E-state index in [-0.39, 0.29) is 5.56 Å². The molecule has 20 heavy (non-hydrogen) atoms. The van der Waals surface area contributed by atoms with Crippen LogP contribution in [0.2, 0.25) is 10.0 Å². The van der Waals surface area contributed by atoms with Gasteiger partial charge in [-0.3, -0.25) is 9.59 Å². The van der Waals surface area contributed by atoms with E-state index < -0.39 is 11.8 Å². The van der Waals surface area contributed by atoms with Crippen LogP contribution in [-0.2, 0) is 0 Å². The van der Waals surface area contributed by atoms with Crippen LogP contribution in [0.4, 0.5) is 11.4 Å². The van der Waals surface area contributed by atoms with E-state index in [1.165, 1.54) is 30.3 Å². The number of rotatable bonds is 1. The zero-order valence-electron chi connectivity index (χ0n) is 10.1. The summed E-state index contributed by atoms with van der Waals surface area (Å²) >= 11 is 11.8. The zero-order chi connectivity index (χ0) is 14.4. The minimum absolute atomic E-state index is 0.283. The van der Waals surface area contributed by atoms with Gasteiger partial charge in [0.1, 0.15) is 0 Å². The van der Waals surface area contributed by atoms with Crippen LogP contribution in [0, 0.1) is 0 Å². The Morgan fingerprint density at radius 3 is 2.10 bits per heavy atom. The zero-order valence-corrected chi connectivity index (χ0v) is 11.6. The number of amides is 2. The molecule has 0 fully saturated rings. The molecule has 0 bridgehead atoms. The number of nitrogen functional groups attached to an aromatic ring is 1. The molecule has 3 rings (SSSR count). The molecule has 1 aliphatic rings. The van der Waals surface area contributed by atoms with E-state index in [9.17, 15) is 9.59 Å². The Balaban J connectivity index is 2.14. The summed E-state index contributed by atoms with van der Waals surface area (Å²) in [6, 6.07) is 9.16. The SMILES string of the molecule is Nc1ccc2c(c1)C(=O)N(c1cc(Cl)cc(Cl)c1)C2=O. The molecule has 2 aromatic carbocycles. The maximum Gasteiger partial charge on any atom is 0.266 e. The van der Waals surface area contributed by atoms with Crippen molar-refractivity contribution in [2.75, 3.05) is 10.6 Å². The van der Waals surface area contributed by atoms with Crippen molar-refractivity contribution < 1.29 is 9.59 Å². The summed E-state index contributed by atoms with van der Waals surface area (Å²) in [5.41, 5.74) is 7.02. The fraction of sp³-hybridized carbons (Fsp3) is 0. The van der Waals surface area contributed by atoms with Crippen molar-refractivity contribution in [1.82, 2.24) is 0 Å². The van der Waals surface area contributed by atoms with Crippen molar-refractivity contribution in [3.63, 3.8) is 0 Å². The molecular formula is C14H8Cl2N2O2. The van der Waals surface area contributed by atoms with Crippen LogP contribution >= 0.6 is 23.2 Å². The van der Waals surface area contributed by atoms with Crippen LogP contribution < -0.4 is 10.6 Å². The molecule has 6 heteroatoms. The van der Waals surface area contributed by atoms with Crippen molar-refractivity contribution in [2.24, 2.45) is 0 Å². The van der Waals surface area contributed by atoms with Crippen molar-refractivity contribution >= 4 is 46.4 Å². The van der Waals surface area contributed by atoms with Gasteiger partial charge in [0.25, 0.3) is 11.8 Å². The number of halogens is 2. The number of imide groups is 1. The average molecular weight is 307 g/mol. The highest BCUT2D eigenvalue weighted by Crippen LogP contribution is 2.32. The van der Waals surface area contributed by atoms with E-state index in [0.717, 1.165) is 4.90 Å². The largest absolute Gasteiger partial charge is 0.399 e.